The standard InChI is InChI=1S/6FH.Sb/h6*1H;/p-5/i/hD. The Bertz CT molecular complexity index is 8.49. The summed E-state index contributed by atoms with van der Waals surface area (Å²) in [6.07, 6.45) is 0. The van der Waals surface area contributed by atoms with Gasteiger partial charge < -0.3 is 28.2 Å². The predicted octanol–water partition coefficient (Wildman–Crippen LogP) is -18.2. The first-order valence-corrected chi connectivity index (χ1v) is 0. The van der Waals surface area contributed by atoms with E-state index in [2.05, 4.69) is 0 Å². The first kappa shape index (κ1) is 1910. The van der Waals surface area contributed by atoms with E-state index >= 15 is 0 Å². The normalized spacial score (nSPS) is 0. The molecule has 0 bridgehead atoms. The molecule has 0 amide bonds. The molecule has 0 aromatic rings. The zero-order valence-electron chi connectivity index (χ0n) is 3.72. The summed E-state index contributed by atoms with van der Waals surface area (Å²) in [5.41, 5.74) is 0. The van der Waals surface area contributed by atoms with Gasteiger partial charge in [0.1, 0.15) is 0 Å². The van der Waals surface area contributed by atoms with Crippen LogP contribution in [0.2, 0.25) is 0 Å². The Morgan fingerprint density at radius 2 is 0.429 bits per heavy atom. The van der Waals surface area contributed by atoms with Gasteiger partial charge in [0.15, 0.2) is 0 Å². The third-order valence-electron chi connectivity index (χ3n) is 0. The zero-order chi connectivity index (χ0) is 0. The molecule has 0 heterocycles. The molecule has 7 heteroatoms. The maximum Gasteiger partial charge on any atom is 1.00 e. The van der Waals surface area contributed by atoms with E-state index in [1.165, 1.54) is 0 Å². The molecule has 0 atom stereocenters. The molecule has 3 radical (unpaired) electrons. The van der Waals surface area contributed by atoms with Crippen LogP contribution in [0.5, 0.6) is 0 Å². The molecule has 0 saturated heterocycles. The third kappa shape index (κ3) is 781. The van der Waals surface area contributed by atoms with Gasteiger partial charge in [0.2, 0.25) is 0 Å². The summed E-state index contributed by atoms with van der Waals surface area (Å²) >= 11 is 0. The molecule has 7 heavy (non-hydrogen) atoms. The van der Waals surface area contributed by atoms with E-state index in [0.29, 0.717) is 0 Å². The number of hydrogen-bond donors (Lipinski definition) is 0. The summed E-state index contributed by atoms with van der Waals surface area (Å²) in [7, 11) is 0. The van der Waals surface area contributed by atoms with E-state index in [1.54, 1.807) is 0 Å². The fraction of sp³-hybridized carbons (Fsp3) is 0. The summed E-state index contributed by atoms with van der Waals surface area (Å²) in [6.45, 7) is 0. The first-order valence-electron chi connectivity index (χ1n) is 0. The van der Waals surface area contributed by atoms with Crippen molar-refractivity contribution in [1.82, 2.24) is 0 Å². The van der Waals surface area contributed by atoms with Crippen molar-refractivity contribution >= 4 is 24.4 Å². The van der Waals surface area contributed by atoms with Crippen molar-refractivity contribution in [3.63, 3.8) is 0 Å². The molecular formula is HF6Sb-5. The number of hydrogen-bond acceptors (Lipinski definition) is 0. The van der Waals surface area contributed by atoms with Gasteiger partial charge in [0, 0.05) is 24.4 Å². The molecule has 0 N–H and O–H groups in total. The minimum absolute atomic E-state index is 0. The Kier molecular flexibility index (Phi) is 321000. The van der Waals surface area contributed by atoms with Crippen LogP contribution in [0.15, 0.2) is 0 Å². The van der Waals surface area contributed by atoms with Gasteiger partial charge in [-0.3, -0.25) is 0 Å². The molecule has 0 fully saturated rings. The van der Waals surface area contributed by atoms with Crippen molar-refractivity contribution in [1.29, 1.82) is 0 Å². The maximum atomic E-state index is 0. The SMILES string of the molecule is [2H+].[F-].[F-].[F-].[F-].[F-].[F-].[Sb]. The summed E-state index contributed by atoms with van der Waals surface area (Å²) in [6, 6.07) is 0. The van der Waals surface area contributed by atoms with E-state index in [9.17, 15) is 0 Å². The largest absolute Gasteiger partial charge is 1.00 e. The van der Waals surface area contributed by atoms with Crippen LogP contribution in [-0.2, 0) is 0 Å². The topological polar surface area (TPSA) is 0 Å². The van der Waals surface area contributed by atoms with Gasteiger partial charge in [-0.25, -0.2) is 0 Å². The fourth-order valence-corrected chi connectivity index (χ4v) is 0. The smallest absolute Gasteiger partial charge is 1.00 e. The van der Waals surface area contributed by atoms with E-state index in [-0.39, 0.29) is 54.1 Å². The van der Waals surface area contributed by atoms with Crippen molar-refractivity contribution in [2.45, 2.75) is 0 Å². The van der Waals surface area contributed by atoms with Crippen molar-refractivity contribution in [2.75, 3.05) is 0 Å². The molecule has 0 aliphatic carbocycles. The second-order valence-corrected chi connectivity index (χ2v) is 0. The molecule has 53 valence electrons. The fourth-order valence-electron chi connectivity index (χ4n) is 0. The second-order valence-electron chi connectivity index (χ2n) is 0. The monoisotopic (exact) mass is 237 g/mol. The van der Waals surface area contributed by atoms with Crippen LogP contribution in [0, 0.1) is 0 Å². The molecule has 0 aliphatic heterocycles. The van der Waals surface area contributed by atoms with Gasteiger partial charge in [0.05, 0.1) is 0 Å². The number of halogens is 6. The van der Waals surface area contributed by atoms with Crippen LogP contribution < -0.4 is 28.2 Å². The van der Waals surface area contributed by atoms with Gasteiger partial charge in [-0.05, 0) is 0 Å². The van der Waals surface area contributed by atoms with E-state index < -0.39 is 0 Å². The van der Waals surface area contributed by atoms with Gasteiger partial charge in [-0.15, -0.1) is 0 Å². The van der Waals surface area contributed by atoms with Crippen LogP contribution in [0.4, 0.5) is 0 Å². The molecule has 0 nitrogen and oxygen atoms in total. The number of rotatable bonds is 0. The van der Waals surface area contributed by atoms with Crippen molar-refractivity contribution in [3.8, 4) is 0 Å². The Morgan fingerprint density at radius 1 is 0.429 bits per heavy atom. The van der Waals surface area contributed by atoms with Gasteiger partial charge >= 0.3 is 1.43 Å². The van der Waals surface area contributed by atoms with Crippen LogP contribution in [-0.4, -0.2) is 24.4 Å². The Morgan fingerprint density at radius 3 is 0.429 bits per heavy atom. The average Bonchev–Trinajstić information content (AvgIpc) is 0. The van der Waals surface area contributed by atoms with Gasteiger partial charge in [0.25, 0.3) is 0 Å². The van der Waals surface area contributed by atoms with Gasteiger partial charge in [-0.2, -0.15) is 0 Å². The molecule has 0 aliphatic rings. The Balaban J connectivity index is 0. The molecule has 0 aromatic carbocycles. The summed E-state index contributed by atoms with van der Waals surface area (Å²) in [4.78, 5) is 0. The third-order valence-corrected chi connectivity index (χ3v) is 0. The molecule has 0 spiro atoms. The minimum Gasteiger partial charge on any atom is -1.00 e. The molecule has 0 saturated carbocycles. The van der Waals surface area contributed by atoms with Crippen molar-refractivity contribution in [3.05, 3.63) is 0 Å². The summed E-state index contributed by atoms with van der Waals surface area (Å²) in [5, 5.41) is 0. The molecule has 0 rings (SSSR count). The van der Waals surface area contributed by atoms with Crippen LogP contribution in [0.1, 0.15) is 1.43 Å². The van der Waals surface area contributed by atoms with Crippen molar-refractivity contribution < 1.29 is 29.7 Å². The minimum atomic E-state index is 0. The van der Waals surface area contributed by atoms with E-state index in [1.807, 2.05) is 0 Å². The predicted molar refractivity (Wildman–Crippen MR) is 6.87 cm³/mol. The van der Waals surface area contributed by atoms with Crippen LogP contribution in [0.25, 0.3) is 0 Å². The quantitative estimate of drug-likeness (QED) is 0.290. The summed E-state index contributed by atoms with van der Waals surface area (Å²) in [5.74, 6) is 0. The Hall–Kier alpha value is 0.398. The van der Waals surface area contributed by atoms with Crippen LogP contribution in [0.3, 0.4) is 0 Å². The molecule has 0 unspecified atom stereocenters. The maximum absolute atomic E-state index is 0. The first-order chi connectivity index (χ1) is 0. The Labute approximate surface area is 54.8 Å². The van der Waals surface area contributed by atoms with E-state index in [4.69, 9.17) is 0 Å². The average molecular weight is 238 g/mol. The molecule has 0 aromatic heterocycles. The van der Waals surface area contributed by atoms with Gasteiger partial charge in [-0.1, -0.05) is 0 Å². The van der Waals surface area contributed by atoms with E-state index in [0.717, 1.165) is 0 Å². The second kappa shape index (κ2) is 1180. The van der Waals surface area contributed by atoms with Crippen LogP contribution >= 0.6 is 0 Å². The zero-order valence-corrected chi connectivity index (χ0v) is 5.27. The summed E-state index contributed by atoms with van der Waals surface area (Å²) < 4.78 is 0. The van der Waals surface area contributed by atoms with Crippen molar-refractivity contribution in [2.24, 2.45) is 0 Å². The molecular weight excluding hydrogens is 236 g/mol.